The van der Waals surface area contributed by atoms with E-state index in [2.05, 4.69) is 31.7 Å². The van der Waals surface area contributed by atoms with Crippen molar-refractivity contribution in [3.63, 3.8) is 0 Å². The molecule has 0 N–H and O–H groups in total. The fourth-order valence-electron chi connectivity index (χ4n) is 15.8. The molecule has 1 nitrogen and oxygen atoms in total. The maximum Gasteiger partial charge on any atom is 0.0139 e. The first-order valence-corrected chi connectivity index (χ1v) is 23.5. The third-order valence-electron chi connectivity index (χ3n) is 18.1. The van der Waals surface area contributed by atoms with Gasteiger partial charge in [-0.3, -0.25) is 4.90 Å². The van der Waals surface area contributed by atoms with E-state index >= 15 is 0 Å². The molecule has 0 spiro atoms. The third kappa shape index (κ3) is 7.84. The van der Waals surface area contributed by atoms with Crippen LogP contribution in [0.4, 0.5) is 0 Å². The molecule has 0 aromatic rings. The summed E-state index contributed by atoms with van der Waals surface area (Å²) >= 11 is 0. The Bertz CT molecular complexity index is 1070. The Kier molecular flexibility index (Phi) is 11.9. The first kappa shape index (κ1) is 35.7. The molecule has 8 aliphatic rings. The zero-order valence-electron chi connectivity index (χ0n) is 33.0. The molecule has 14 atom stereocenters. The number of hydrogen-bond donors (Lipinski definition) is 0. The minimum absolute atomic E-state index is 0.838. The second-order valence-electron chi connectivity index (χ2n) is 20.8. The van der Waals surface area contributed by atoms with Crippen molar-refractivity contribution in [2.24, 2.45) is 71.0 Å². The predicted octanol–water partition coefficient (Wildman–Crippen LogP) is 13.8. The monoisotopic (exact) mass is 672 g/mol. The van der Waals surface area contributed by atoms with Crippen LogP contribution in [0.3, 0.4) is 0 Å². The summed E-state index contributed by atoms with van der Waals surface area (Å²) in [6.45, 7) is 7.91. The normalized spacial score (nSPS) is 45.4. The minimum atomic E-state index is 0.838. The van der Waals surface area contributed by atoms with Gasteiger partial charge in [-0.05, 0) is 174 Å². The van der Waals surface area contributed by atoms with Crippen molar-refractivity contribution in [2.75, 3.05) is 0 Å². The Hall–Kier alpha value is -0.300. The second-order valence-corrected chi connectivity index (χ2v) is 20.8. The van der Waals surface area contributed by atoms with Gasteiger partial charge in [0.1, 0.15) is 0 Å². The molecule has 8 aliphatic carbocycles. The molecule has 0 bridgehead atoms. The van der Waals surface area contributed by atoms with Gasteiger partial charge in [0.2, 0.25) is 0 Å². The molecular formula is C48H81N. The maximum absolute atomic E-state index is 3.34. The number of allylic oxidation sites excluding steroid dienone is 1. The molecule has 0 aromatic carbocycles. The van der Waals surface area contributed by atoms with Crippen molar-refractivity contribution < 1.29 is 0 Å². The molecule has 49 heavy (non-hydrogen) atoms. The van der Waals surface area contributed by atoms with Crippen LogP contribution in [0.15, 0.2) is 11.6 Å². The van der Waals surface area contributed by atoms with E-state index in [4.69, 9.17) is 0 Å². The first-order chi connectivity index (χ1) is 24.0. The summed E-state index contributed by atoms with van der Waals surface area (Å²) in [6, 6.07) is 2.63. The standard InChI is InChI=1S/C48H81N/c1-33-11-9-17-42(31-33)49(46-30-25-39-23-28-44-35(3)19-22-38-24-29-45(46)48(39)47(38)44)41-26-20-36(21-27-41)15-10-12-34(2)43-18-8-7-16-40(43)32-37-13-5-4-6-14-37/h20,33-35,37-48H,4-19,21-32H2,1-3H3. The van der Waals surface area contributed by atoms with E-state index < -0.39 is 0 Å². The van der Waals surface area contributed by atoms with Crippen LogP contribution in [-0.4, -0.2) is 23.0 Å². The van der Waals surface area contributed by atoms with Crippen molar-refractivity contribution in [3.05, 3.63) is 11.6 Å². The summed E-state index contributed by atoms with van der Waals surface area (Å²) in [6.07, 6.45) is 45.4. The zero-order chi connectivity index (χ0) is 33.3. The van der Waals surface area contributed by atoms with E-state index in [1.165, 1.54) is 96.3 Å². The van der Waals surface area contributed by atoms with Crippen LogP contribution < -0.4 is 0 Å². The van der Waals surface area contributed by atoms with Crippen molar-refractivity contribution in [1.82, 2.24) is 4.90 Å². The van der Waals surface area contributed by atoms with Crippen LogP contribution in [0.25, 0.3) is 0 Å². The van der Waals surface area contributed by atoms with Crippen LogP contribution in [0, 0.1) is 71.0 Å². The molecule has 0 heterocycles. The maximum atomic E-state index is 3.34. The van der Waals surface area contributed by atoms with E-state index in [-0.39, 0.29) is 0 Å². The van der Waals surface area contributed by atoms with Gasteiger partial charge in [-0.25, -0.2) is 0 Å². The molecule has 0 aromatic heterocycles. The lowest BCUT2D eigenvalue weighted by Crippen LogP contribution is -2.61. The topological polar surface area (TPSA) is 3.24 Å². The molecule has 0 radical (unpaired) electrons. The van der Waals surface area contributed by atoms with E-state index in [0.29, 0.717) is 0 Å². The van der Waals surface area contributed by atoms with Crippen molar-refractivity contribution in [2.45, 2.75) is 219 Å². The van der Waals surface area contributed by atoms with Gasteiger partial charge in [0.05, 0.1) is 0 Å². The fraction of sp³-hybridized carbons (Fsp3) is 0.958. The lowest BCUT2D eigenvalue weighted by molar-refractivity contribution is -0.132. The third-order valence-corrected chi connectivity index (χ3v) is 18.1. The zero-order valence-corrected chi connectivity index (χ0v) is 33.0. The molecule has 8 rings (SSSR count). The van der Waals surface area contributed by atoms with E-state index in [1.54, 1.807) is 83.5 Å². The van der Waals surface area contributed by atoms with Gasteiger partial charge < -0.3 is 0 Å². The van der Waals surface area contributed by atoms with Crippen LogP contribution in [0.5, 0.6) is 0 Å². The SMILES string of the molecule is CC1CCCC(N(C2CC=C(CCCC(C)C3CCCCC3CC3CCCCC3)CC2)C2CCC3CCC4C(C)CCC5CCC2C3C54)C1. The van der Waals surface area contributed by atoms with Crippen molar-refractivity contribution >= 4 is 0 Å². The summed E-state index contributed by atoms with van der Waals surface area (Å²) in [5.74, 6) is 12.5. The largest absolute Gasteiger partial charge is 0.294 e. The Morgan fingerprint density at radius 3 is 2.20 bits per heavy atom. The summed E-state index contributed by atoms with van der Waals surface area (Å²) in [4.78, 5) is 3.34. The molecule has 0 amide bonds. The van der Waals surface area contributed by atoms with E-state index in [1.807, 2.05) is 5.57 Å². The Morgan fingerprint density at radius 2 is 1.41 bits per heavy atom. The fourth-order valence-corrected chi connectivity index (χ4v) is 15.8. The molecule has 0 saturated heterocycles. The average Bonchev–Trinajstić information content (AvgIpc) is 3.13. The number of nitrogens with zero attached hydrogens (tertiary/aromatic N) is 1. The van der Waals surface area contributed by atoms with Crippen LogP contribution >= 0.6 is 0 Å². The van der Waals surface area contributed by atoms with Gasteiger partial charge in [-0.2, -0.15) is 0 Å². The van der Waals surface area contributed by atoms with Gasteiger partial charge in [-0.15, -0.1) is 0 Å². The number of hydrogen-bond acceptors (Lipinski definition) is 1. The molecule has 278 valence electrons. The van der Waals surface area contributed by atoms with Gasteiger partial charge in [-0.1, -0.05) is 109 Å². The average molecular weight is 672 g/mol. The second kappa shape index (κ2) is 16.4. The highest BCUT2D eigenvalue weighted by molar-refractivity contribution is 5.11. The van der Waals surface area contributed by atoms with Gasteiger partial charge in [0.25, 0.3) is 0 Å². The predicted molar refractivity (Wildman–Crippen MR) is 209 cm³/mol. The molecule has 1 heteroatoms. The quantitative estimate of drug-likeness (QED) is 0.209. The highest BCUT2D eigenvalue weighted by Crippen LogP contribution is 2.62. The lowest BCUT2D eigenvalue weighted by Gasteiger charge is -2.63. The molecule has 7 saturated carbocycles. The highest BCUT2D eigenvalue weighted by atomic mass is 15.2. The molecule has 0 aliphatic heterocycles. The lowest BCUT2D eigenvalue weighted by atomic mass is 9.46. The Balaban J connectivity index is 0.903. The summed E-state index contributed by atoms with van der Waals surface area (Å²) in [7, 11) is 0. The Labute approximate surface area is 305 Å². The van der Waals surface area contributed by atoms with E-state index in [9.17, 15) is 0 Å². The molecular weight excluding hydrogens is 591 g/mol. The highest BCUT2D eigenvalue weighted by Gasteiger charge is 2.56. The van der Waals surface area contributed by atoms with Crippen molar-refractivity contribution in [1.29, 1.82) is 0 Å². The van der Waals surface area contributed by atoms with Crippen LogP contribution in [0.2, 0.25) is 0 Å². The van der Waals surface area contributed by atoms with Gasteiger partial charge in [0.15, 0.2) is 0 Å². The Morgan fingerprint density at radius 1 is 0.673 bits per heavy atom. The smallest absolute Gasteiger partial charge is 0.0139 e. The molecule has 7 fully saturated rings. The van der Waals surface area contributed by atoms with Gasteiger partial charge in [0, 0.05) is 18.1 Å². The molecule has 14 unspecified atom stereocenters. The summed E-state index contributed by atoms with van der Waals surface area (Å²) in [5.41, 5.74) is 1.86. The van der Waals surface area contributed by atoms with E-state index in [0.717, 1.165) is 89.1 Å². The van der Waals surface area contributed by atoms with Crippen molar-refractivity contribution in [3.8, 4) is 0 Å². The minimum Gasteiger partial charge on any atom is -0.294 e. The number of rotatable bonds is 10. The first-order valence-electron chi connectivity index (χ1n) is 23.5. The summed E-state index contributed by atoms with van der Waals surface area (Å²) < 4.78 is 0. The van der Waals surface area contributed by atoms with Crippen LogP contribution in [-0.2, 0) is 0 Å². The summed E-state index contributed by atoms with van der Waals surface area (Å²) in [5, 5.41) is 0. The van der Waals surface area contributed by atoms with Gasteiger partial charge >= 0.3 is 0 Å². The van der Waals surface area contributed by atoms with Crippen LogP contribution in [0.1, 0.15) is 201 Å².